The molecule has 0 aromatic rings. The van der Waals surface area contributed by atoms with Gasteiger partial charge in [0, 0.05) is 12.6 Å². The molecule has 4 bridgehead atoms. The first-order chi connectivity index (χ1) is 7.63. The van der Waals surface area contributed by atoms with Gasteiger partial charge in [0.25, 0.3) is 0 Å². The fourth-order valence-corrected chi connectivity index (χ4v) is 4.32. The molecule has 2 aliphatic heterocycles. The van der Waals surface area contributed by atoms with E-state index in [4.69, 9.17) is 5.73 Å². The summed E-state index contributed by atoms with van der Waals surface area (Å²) < 4.78 is 0. The average molecular weight is 259 g/mol. The van der Waals surface area contributed by atoms with Crippen LogP contribution < -0.4 is 5.73 Å². The van der Waals surface area contributed by atoms with Gasteiger partial charge in [0.05, 0.1) is 6.04 Å². The van der Waals surface area contributed by atoms with Crippen molar-refractivity contribution in [3.05, 3.63) is 0 Å². The van der Waals surface area contributed by atoms with Crippen molar-refractivity contribution in [1.82, 2.24) is 4.90 Å². The molecule has 4 rings (SSSR count). The van der Waals surface area contributed by atoms with Gasteiger partial charge in [0.15, 0.2) is 0 Å². The van der Waals surface area contributed by atoms with E-state index in [9.17, 15) is 4.79 Å². The number of fused-ring (bicyclic) bond motifs is 1. The van der Waals surface area contributed by atoms with E-state index in [-0.39, 0.29) is 24.4 Å². The second-order valence-electron chi connectivity index (χ2n) is 6.21. The first kappa shape index (κ1) is 13.2. The third kappa shape index (κ3) is 2.32. The van der Waals surface area contributed by atoms with Gasteiger partial charge in [0.1, 0.15) is 0 Å². The predicted octanol–water partition coefficient (Wildman–Crippen LogP) is 1.79. The largest absolute Gasteiger partial charge is 0.338 e. The highest BCUT2D eigenvalue weighted by Crippen LogP contribution is 2.47. The molecule has 1 amide bonds. The van der Waals surface area contributed by atoms with Gasteiger partial charge in [-0.05, 0) is 56.8 Å². The van der Waals surface area contributed by atoms with Crippen LogP contribution in [-0.2, 0) is 4.79 Å². The van der Waals surface area contributed by atoms with Crippen LogP contribution in [0.1, 0.15) is 39.0 Å². The Labute approximate surface area is 110 Å². The minimum absolute atomic E-state index is 0. The predicted molar refractivity (Wildman–Crippen MR) is 70.0 cm³/mol. The van der Waals surface area contributed by atoms with E-state index >= 15 is 0 Å². The fraction of sp³-hybridized carbons (Fsp3) is 0.923. The van der Waals surface area contributed by atoms with Crippen molar-refractivity contribution in [1.29, 1.82) is 0 Å². The molecule has 0 radical (unpaired) electrons. The maximum atomic E-state index is 12.1. The van der Waals surface area contributed by atoms with Crippen molar-refractivity contribution < 1.29 is 4.79 Å². The van der Waals surface area contributed by atoms with E-state index in [1.165, 1.54) is 32.1 Å². The molecule has 2 saturated carbocycles. The average Bonchev–Trinajstić information content (AvgIpc) is 2.41. The quantitative estimate of drug-likeness (QED) is 0.780. The number of rotatable bonds is 1. The van der Waals surface area contributed by atoms with Crippen LogP contribution in [0.25, 0.3) is 0 Å². The number of carbonyl (C=O) groups is 1. The van der Waals surface area contributed by atoms with Crippen LogP contribution in [0.3, 0.4) is 0 Å². The number of nitrogens with two attached hydrogens (primary N) is 1. The third-order valence-corrected chi connectivity index (χ3v) is 4.78. The highest BCUT2D eigenvalue weighted by Gasteiger charge is 2.44. The Bertz CT molecular complexity index is 294. The standard InChI is InChI=1S/C13H22N2O.ClH/c1-8(14)13(16)15-7-11-3-9-2-10(4-11)6-12(15)5-9;/h8-12H,2-7,14H2,1H3;1H/t8-,9?,10?,11?,12?;/m0./s1. The lowest BCUT2D eigenvalue weighted by atomic mass is 9.68. The first-order valence-electron chi connectivity index (χ1n) is 6.69. The summed E-state index contributed by atoms with van der Waals surface area (Å²) in [6.07, 6.45) is 6.62. The van der Waals surface area contributed by atoms with Gasteiger partial charge in [-0.1, -0.05) is 0 Å². The second-order valence-corrected chi connectivity index (χ2v) is 6.21. The van der Waals surface area contributed by atoms with Gasteiger partial charge in [-0.25, -0.2) is 0 Å². The molecule has 17 heavy (non-hydrogen) atoms. The van der Waals surface area contributed by atoms with Crippen molar-refractivity contribution in [3.8, 4) is 0 Å². The number of hydrogen-bond acceptors (Lipinski definition) is 2. The van der Waals surface area contributed by atoms with Crippen LogP contribution in [0.2, 0.25) is 0 Å². The van der Waals surface area contributed by atoms with Gasteiger partial charge in [-0.3, -0.25) is 4.79 Å². The summed E-state index contributed by atoms with van der Waals surface area (Å²) in [5.74, 6) is 2.74. The fourth-order valence-electron chi connectivity index (χ4n) is 4.32. The number of halogens is 1. The molecule has 3 atom stereocenters. The van der Waals surface area contributed by atoms with Crippen molar-refractivity contribution in [2.45, 2.75) is 51.1 Å². The number of amides is 1. The minimum atomic E-state index is -0.323. The summed E-state index contributed by atoms with van der Waals surface area (Å²) in [6, 6.07) is 0.186. The Balaban J connectivity index is 0.00000108. The molecular formula is C13H23ClN2O. The molecule has 4 fully saturated rings. The van der Waals surface area contributed by atoms with Gasteiger partial charge in [-0.2, -0.15) is 0 Å². The van der Waals surface area contributed by atoms with Gasteiger partial charge < -0.3 is 10.6 Å². The normalized spacial score (nSPS) is 40.7. The molecule has 2 N–H and O–H groups in total. The molecule has 2 unspecified atom stereocenters. The Morgan fingerprint density at radius 3 is 2.18 bits per heavy atom. The maximum Gasteiger partial charge on any atom is 0.239 e. The Kier molecular flexibility index (Phi) is 3.69. The second kappa shape index (κ2) is 4.77. The number of nitrogens with zero attached hydrogens (tertiary/aromatic N) is 1. The summed E-state index contributed by atoms with van der Waals surface area (Å²) in [5, 5.41) is 0. The zero-order valence-corrected chi connectivity index (χ0v) is 11.3. The van der Waals surface area contributed by atoms with Crippen LogP contribution in [0.15, 0.2) is 0 Å². The molecule has 4 heteroatoms. The molecule has 2 aliphatic carbocycles. The molecule has 98 valence electrons. The smallest absolute Gasteiger partial charge is 0.239 e. The van der Waals surface area contributed by atoms with E-state index in [1.54, 1.807) is 0 Å². The molecular weight excluding hydrogens is 236 g/mol. The lowest BCUT2D eigenvalue weighted by molar-refractivity contribution is -0.135. The van der Waals surface area contributed by atoms with Crippen molar-refractivity contribution in [2.75, 3.05) is 6.54 Å². The monoisotopic (exact) mass is 258 g/mol. The third-order valence-electron chi connectivity index (χ3n) is 4.78. The summed E-state index contributed by atoms with van der Waals surface area (Å²) in [7, 11) is 0. The van der Waals surface area contributed by atoms with E-state index < -0.39 is 0 Å². The van der Waals surface area contributed by atoms with Gasteiger partial charge in [0.2, 0.25) is 5.91 Å². The zero-order chi connectivity index (χ0) is 11.3. The van der Waals surface area contributed by atoms with E-state index in [0.29, 0.717) is 6.04 Å². The zero-order valence-electron chi connectivity index (χ0n) is 10.5. The van der Waals surface area contributed by atoms with Crippen molar-refractivity contribution >= 4 is 18.3 Å². The Hall–Kier alpha value is -0.280. The Morgan fingerprint density at radius 1 is 1.12 bits per heavy atom. The molecule has 0 aromatic heterocycles. The highest BCUT2D eigenvalue weighted by molar-refractivity contribution is 5.85. The maximum absolute atomic E-state index is 12.1. The molecule has 0 spiro atoms. The Morgan fingerprint density at radius 2 is 1.65 bits per heavy atom. The van der Waals surface area contributed by atoms with Crippen molar-refractivity contribution in [3.63, 3.8) is 0 Å². The van der Waals surface area contributed by atoms with Gasteiger partial charge >= 0.3 is 0 Å². The van der Waals surface area contributed by atoms with Crippen LogP contribution >= 0.6 is 12.4 Å². The molecule has 2 saturated heterocycles. The van der Waals surface area contributed by atoms with Crippen LogP contribution in [-0.4, -0.2) is 29.4 Å². The van der Waals surface area contributed by atoms with E-state index in [2.05, 4.69) is 4.90 Å². The minimum Gasteiger partial charge on any atom is -0.338 e. The molecule has 4 aliphatic rings. The van der Waals surface area contributed by atoms with Crippen LogP contribution in [0, 0.1) is 17.8 Å². The lowest BCUT2D eigenvalue weighted by Gasteiger charge is -2.39. The topological polar surface area (TPSA) is 46.3 Å². The number of hydrogen-bond donors (Lipinski definition) is 1. The highest BCUT2D eigenvalue weighted by atomic mass is 35.5. The molecule has 2 heterocycles. The summed E-state index contributed by atoms with van der Waals surface area (Å²) in [6.45, 7) is 2.80. The molecule has 0 aromatic carbocycles. The van der Waals surface area contributed by atoms with Crippen molar-refractivity contribution in [2.24, 2.45) is 23.5 Å². The summed E-state index contributed by atoms with van der Waals surface area (Å²) >= 11 is 0. The summed E-state index contributed by atoms with van der Waals surface area (Å²) in [5.41, 5.74) is 5.76. The van der Waals surface area contributed by atoms with Crippen LogP contribution in [0.4, 0.5) is 0 Å². The van der Waals surface area contributed by atoms with E-state index in [0.717, 1.165) is 24.3 Å². The van der Waals surface area contributed by atoms with E-state index in [1.807, 2.05) is 6.92 Å². The first-order valence-corrected chi connectivity index (χ1v) is 6.69. The van der Waals surface area contributed by atoms with Gasteiger partial charge in [-0.15, -0.1) is 12.4 Å². The SMILES string of the molecule is C[C@H](N)C(=O)N1CC2CC3CC(C2)CC1C3.Cl. The lowest BCUT2D eigenvalue weighted by Crippen LogP contribution is -2.48. The number of carbonyl (C=O) groups excluding carboxylic acids is 1. The van der Waals surface area contributed by atoms with Crippen LogP contribution in [0.5, 0.6) is 0 Å². The molecule has 3 nitrogen and oxygen atoms in total. The summed E-state index contributed by atoms with van der Waals surface area (Å²) in [4.78, 5) is 14.2.